The van der Waals surface area contributed by atoms with Crippen LogP contribution in [0.5, 0.6) is 5.75 Å². The Morgan fingerprint density at radius 2 is 1.84 bits per heavy atom. The van der Waals surface area contributed by atoms with Crippen LogP contribution in [0.3, 0.4) is 0 Å². The molecule has 1 unspecified atom stereocenters. The van der Waals surface area contributed by atoms with Gasteiger partial charge in [0, 0.05) is 5.56 Å². The number of nitrogens with one attached hydrogen (secondary N) is 1. The predicted octanol–water partition coefficient (Wildman–Crippen LogP) is 3.04. The minimum absolute atomic E-state index is 0.0522. The van der Waals surface area contributed by atoms with Crippen LogP contribution in [0.4, 0.5) is 4.39 Å². The number of hydrogen-bond donors (Lipinski definition) is 2. The van der Waals surface area contributed by atoms with Crippen molar-refractivity contribution < 1.29 is 9.13 Å². The third kappa shape index (κ3) is 2.71. The summed E-state index contributed by atoms with van der Waals surface area (Å²) in [5.41, 5.74) is 4.00. The van der Waals surface area contributed by atoms with Crippen LogP contribution >= 0.6 is 11.6 Å². The first-order valence-electron chi connectivity index (χ1n) is 5.72. The molecule has 2 rings (SSSR count). The van der Waals surface area contributed by atoms with Gasteiger partial charge in [0.05, 0.1) is 18.2 Å². The molecule has 3 nitrogen and oxygen atoms in total. The fraction of sp³-hybridized carbons (Fsp3) is 0.143. The molecule has 0 fully saturated rings. The molecule has 100 valence electrons. The molecule has 0 radical (unpaired) electrons. The highest BCUT2D eigenvalue weighted by molar-refractivity contribution is 6.31. The second kappa shape index (κ2) is 6.02. The highest BCUT2D eigenvalue weighted by atomic mass is 35.5. The van der Waals surface area contributed by atoms with Gasteiger partial charge >= 0.3 is 0 Å². The summed E-state index contributed by atoms with van der Waals surface area (Å²) in [6.07, 6.45) is 0. The van der Waals surface area contributed by atoms with Gasteiger partial charge in [-0.1, -0.05) is 41.9 Å². The zero-order valence-electron chi connectivity index (χ0n) is 10.4. The Morgan fingerprint density at radius 1 is 1.16 bits per heavy atom. The Morgan fingerprint density at radius 3 is 2.53 bits per heavy atom. The molecular formula is C14H14ClFN2O. The maximum atomic E-state index is 13.5. The van der Waals surface area contributed by atoms with Gasteiger partial charge in [-0.3, -0.25) is 5.84 Å². The second-order valence-electron chi connectivity index (χ2n) is 3.98. The van der Waals surface area contributed by atoms with Crippen molar-refractivity contribution in [2.75, 3.05) is 7.11 Å². The van der Waals surface area contributed by atoms with Gasteiger partial charge in [0.2, 0.25) is 0 Å². The molecule has 2 aromatic rings. The van der Waals surface area contributed by atoms with E-state index < -0.39 is 11.9 Å². The zero-order chi connectivity index (χ0) is 13.8. The minimum Gasteiger partial charge on any atom is -0.496 e. The molecule has 1 atom stereocenters. The van der Waals surface area contributed by atoms with Crippen LogP contribution in [0.1, 0.15) is 17.2 Å². The molecule has 5 heteroatoms. The van der Waals surface area contributed by atoms with Gasteiger partial charge in [0.15, 0.2) is 0 Å². The number of para-hydroxylation sites is 1. The normalized spacial score (nSPS) is 12.2. The summed E-state index contributed by atoms with van der Waals surface area (Å²) < 4.78 is 18.8. The fourth-order valence-corrected chi connectivity index (χ4v) is 2.23. The molecule has 0 aliphatic carbocycles. The summed E-state index contributed by atoms with van der Waals surface area (Å²) in [5, 5.41) is 0.0522. The number of hydrogen-bond acceptors (Lipinski definition) is 3. The average Bonchev–Trinajstić information content (AvgIpc) is 2.45. The van der Waals surface area contributed by atoms with E-state index >= 15 is 0 Å². The molecule has 19 heavy (non-hydrogen) atoms. The van der Waals surface area contributed by atoms with Crippen molar-refractivity contribution in [3.05, 3.63) is 64.4 Å². The predicted molar refractivity (Wildman–Crippen MR) is 73.6 cm³/mol. The number of ether oxygens (including phenoxy) is 1. The first kappa shape index (κ1) is 13.8. The van der Waals surface area contributed by atoms with Crippen LogP contribution in [0.2, 0.25) is 5.02 Å². The number of rotatable bonds is 4. The molecule has 0 saturated carbocycles. The summed E-state index contributed by atoms with van der Waals surface area (Å²) in [5.74, 6) is 5.77. The van der Waals surface area contributed by atoms with Crippen molar-refractivity contribution in [1.82, 2.24) is 5.43 Å². The summed E-state index contributed by atoms with van der Waals surface area (Å²) in [7, 11) is 1.57. The fourth-order valence-electron chi connectivity index (χ4n) is 2.00. The van der Waals surface area contributed by atoms with E-state index in [1.807, 2.05) is 24.3 Å². The lowest BCUT2D eigenvalue weighted by Crippen LogP contribution is -2.29. The number of benzene rings is 2. The first-order valence-corrected chi connectivity index (χ1v) is 6.09. The molecule has 0 bridgehead atoms. The molecule has 0 aliphatic rings. The topological polar surface area (TPSA) is 47.3 Å². The lowest BCUT2D eigenvalue weighted by atomic mass is 9.98. The Balaban J connectivity index is 2.53. The van der Waals surface area contributed by atoms with Crippen LogP contribution < -0.4 is 16.0 Å². The maximum absolute atomic E-state index is 13.5. The van der Waals surface area contributed by atoms with Crippen molar-refractivity contribution in [1.29, 1.82) is 0 Å². The molecule has 0 amide bonds. The molecule has 0 saturated heterocycles. The van der Waals surface area contributed by atoms with Gasteiger partial charge < -0.3 is 4.74 Å². The van der Waals surface area contributed by atoms with Gasteiger partial charge in [0.25, 0.3) is 0 Å². The largest absolute Gasteiger partial charge is 0.496 e. The van der Waals surface area contributed by atoms with E-state index in [1.165, 1.54) is 6.07 Å². The van der Waals surface area contributed by atoms with Crippen LogP contribution in [0, 0.1) is 5.82 Å². The van der Waals surface area contributed by atoms with Crippen LogP contribution in [-0.2, 0) is 0 Å². The number of halogens is 2. The SMILES string of the molecule is COc1ccccc1C(NN)c1cccc(F)c1Cl. The van der Waals surface area contributed by atoms with Gasteiger partial charge in [-0.25, -0.2) is 9.82 Å². The number of methoxy groups -OCH3 is 1. The highest BCUT2D eigenvalue weighted by Gasteiger charge is 2.20. The van der Waals surface area contributed by atoms with Crippen LogP contribution in [-0.4, -0.2) is 7.11 Å². The summed E-state index contributed by atoms with van der Waals surface area (Å²) >= 11 is 6.00. The van der Waals surface area contributed by atoms with Crippen LogP contribution in [0.25, 0.3) is 0 Å². The van der Waals surface area contributed by atoms with Crippen molar-refractivity contribution in [3.8, 4) is 5.75 Å². The number of hydrazine groups is 1. The lowest BCUT2D eigenvalue weighted by molar-refractivity contribution is 0.404. The van der Waals surface area contributed by atoms with Gasteiger partial charge in [-0.2, -0.15) is 0 Å². The van der Waals surface area contributed by atoms with E-state index in [0.717, 1.165) is 5.56 Å². The standard InChI is InChI=1S/C14H14ClFN2O/c1-19-12-8-3-2-5-9(12)14(18-17)10-6-4-7-11(16)13(10)15/h2-8,14,18H,17H2,1H3. The van der Waals surface area contributed by atoms with Gasteiger partial charge in [0.1, 0.15) is 11.6 Å². The molecule has 0 spiro atoms. The zero-order valence-corrected chi connectivity index (χ0v) is 11.1. The van der Waals surface area contributed by atoms with Crippen molar-refractivity contribution in [3.63, 3.8) is 0 Å². The third-order valence-electron chi connectivity index (χ3n) is 2.91. The Bertz CT molecular complexity index is 577. The van der Waals surface area contributed by atoms with Crippen LogP contribution in [0.15, 0.2) is 42.5 Å². The molecular weight excluding hydrogens is 267 g/mol. The van der Waals surface area contributed by atoms with E-state index in [2.05, 4.69) is 5.43 Å². The van der Waals surface area contributed by atoms with Crippen molar-refractivity contribution >= 4 is 11.6 Å². The number of nitrogens with two attached hydrogens (primary N) is 1. The van der Waals surface area contributed by atoms with E-state index in [0.29, 0.717) is 11.3 Å². The van der Waals surface area contributed by atoms with E-state index in [1.54, 1.807) is 19.2 Å². The van der Waals surface area contributed by atoms with Crippen molar-refractivity contribution in [2.45, 2.75) is 6.04 Å². The first-order chi connectivity index (χ1) is 9.19. The Labute approximate surface area is 116 Å². The average molecular weight is 281 g/mol. The quantitative estimate of drug-likeness (QED) is 0.668. The minimum atomic E-state index is -0.477. The monoisotopic (exact) mass is 280 g/mol. The third-order valence-corrected chi connectivity index (χ3v) is 3.31. The van der Waals surface area contributed by atoms with E-state index in [9.17, 15) is 4.39 Å². The van der Waals surface area contributed by atoms with Gasteiger partial charge in [-0.15, -0.1) is 0 Å². The molecule has 3 N–H and O–H groups in total. The summed E-state index contributed by atoms with van der Waals surface area (Å²) in [6.45, 7) is 0. The van der Waals surface area contributed by atoms with E-state index in [-0.39, 0.29) is 5.02 Å². The Kier molecular flexibility index (Phi) is 4.37. The summed E-state index contributed by atoms with van der Waals surface area (Å²) in [6, 6.07) is 11.6. The molecule has 0 aliphatic heterocycles. The van der Waals surface area contributed by atoms with E-state index in [4.69, 9.17) is 22.2 Å². The lowest BCUT2D eigenvalue weighted by Gasteiger charge is -2.20. The molecule has 0 heterocycles. The highest BCUT2D eigenvalue weighted by Crippen LogP contribution is 2.33. The second-order valence-corrected chi connectivity index (χ2v) is 4.36. The maximum Gasteiger partial charge on any atom is 0.142 e. The van der Waals surface area contributed by atoms with Crippen molar-refractivity contribution in [2.24, 2.45) is 5.84 Å². The smallest absolute Gasteiger partial charge is 0.142 e. The Hall–Kier alpha value is -1.62. The molecule has 0 aromatic heterocycles. The van der Waals surface area contributed by atoms with Gasteiger partial charge in [-0.05, 0) is 17.7 Å². The summed E-state index contributed by atoms with van der Waals surface area (Å²) in [4.78, 5) is 0. The molecule has 2 aromatic carbocycles.